The molecule has 0 aliphatic rings. The number of nitrogens with one attached hydrogen (secondary N) is 1. The van der Waals surface area contributed by atoms with E-state index < -0.39 is 0 Å². The van der Waals surface area contributed by atoms with Crippen LogP contribution in [0.25, 0.3) is 10.9 Å². The fraction of sp³-hybridized carbons (Fsp3) is 0.400. The molecule has 0 saturated carbocycles. The standard InChI is InChI=1S/C15H20N2O/c1-11-4-5-13-10-12(6-7-15(13)17-11)14(16-2)8-9-18-3/h4-7,10,14,16H,8-9H2,1-3H3. The van der Waals surface area contributed by atoms with Gasteiger partial charge in [-0.2, -0.15) is 0 Å². The summed E-state index contributed by atoms with van der Waals surface area (Å²) in [4.78, 5) is 4.52. The fourth-order valence-electron chi connectivity index (χ4n) is 2.18. The molecule has 1 N–H and O–H groups in total. The molecule has 0 bridgehead atoms. The van der Waals surface area contributed by atoms with E-state index >= 15 is 0 Å². The lowest BCUT2D eigenvalue weighted by Crippen LogP contribution is -2.18. The van der Waals surface area contributed by atoms with Crippen LogP contribution in [-0.4, -0.2) is 25.7 Å². The summed E-state index contributed by atoms with van der Waals surface area (Å²) in [7, 11) is 3.72. The predicted molar refractivity (Wildman–Crippen MR) is 74.8 cm³/mol. The van der Waals surface area contributed by atoms with Crippen LogP contribution < -0.4 is 5.32 Å². The Balaban J connectivity index is 2.30. The summed E-state index contributed by atoms with van der Waals surface area (Å²) < 4.78 is 5.15. The maximum absolute atomic E-state index is 5.15. The Hall–Kier alpha value is -1.45. The molecular weight excluding hydrogens is 224 g/mol. The highest BCUT2D eigenvalue weighted by molar-refractivity contribution is 5.79. The monoisotopic (exact) mass is 244 g/mol. The van der Waals surface area contributed by atoms with Crippen molar-refractivity contribution in [2.45, 2.75) is 19.4 Å². The first-order valence-electron chi connectivity index (χ1n) is 6.28. The van der Waals surface area contributed by atoms with Crippen LogP contribution in [0.15, 0.2) is 30.3 Å². The molecule has 3 nitrogen and oxygen atoms in total. The van der Waals surface area contributed by atoms with Crippen LogP contribution in [0.1, 0.15) is 23.7 Å². The number of fused-ring (bicyclic) bond motifs is 1. The Morgan fingerprint density at radius 3 is 2.83 bits per heavy atom. The van der Waals surface area contributed by atoms with Crippen molar-refractivity contribution in [2.75, 3.05) is 20.8 Å². The maximum Gasteiger partial charge on any atom is 0.0705 e. The smallest absolute Gasteiger partial charge is 0.0705 e. The van der Waals surface area contributed by atoms with Crippen LogP contribution in [0, 0.1) is 6.92 Å². The SMILES string of the molecule is CNC(CCOC)c1ccc2nc(C)ccc2c1. The zero-order chi connectivity index (χ0) is 13.0. The minimum absolute atomic E-state index is 0.329. The first-order chi connectivity index (χ1) is 8.74. The van der Waals surface area contributed by atoms with Crippen LogP contribution in [-0.2, 0) is 4.74 Å². The third kappa shape index (κ3) is 2.86. The van der Waals surface area contributed by atoms with Gasteiger partial charge in [-0.1, -0.05) is 12.1 Å². The maximum atomic E-state index is 5.15. The average Bonchev–Trinajstić information content (AvgIpc) is 2.39. The first kappa shape index (κ1) is 13.0. The number of benzene rings is 1. The van der Waals surface area contributed by atoms with Gasteiger partial charge in [0.1, 0.15) is 0 Å². The molecule has 0 fully saturated rings. The minimum Gasteiger partial charge on any atom is -0.385 e. The number of aromatic nitrogens is 1. The lowest BCUT2D eigenvalue weighted by Gasteiger charge is -2.16. The summed E-state index contributed by atoms with van der Waals surface area (Å²) >= 11 is 0. The second-order valence-electron chi connectivity index (χ2n) is 4.53. The van der Waals surface area contributed by atoms with Crippen molar-refractivity contribution in [3.8, 4) is 0 Å². The van der Waals surface area contributed by atoms with Crippen LogP contribution in [0.2, 0.25) is 0 Å². The molecule has 0 radical (unpaired) electrons. The second kappa shape index (κ2) is 5.94. The van der Waals surface area contributed by atoms with Crippen molar-refractivity contribution >= 4 is 10.9 Å². The lowest BCUT2D eigenvalue weighted by atomic mass is 10.0. The molecule has 1 aromatic heterocycles. The average molecular weight is 244 g/mol. The molecule has 1 heterocycles. The van der Waals surface area contributed by atoms with E-state index in [0.717, 1.165) is 24.2 Å². The Morgan fingerprint density at radius 2 is 2.11 bits per heavy atom. The molecule has 0 aliphatic carbocycles. The number of pyridine rings is 1. The van der Waals surface area contributed by atoms with E-state index in [1.807, 2.05) is 14.0 Å². The fourth-order valence-corrected chi connectivity index (χ4v) is 2.18. The van der Waals surface area contributed by atoms with Crippen molar-refractivity contribution in [3.05, 3.63) is 41.6 Å². The van der Waals surface area contributed by atoms with Gasteiger partial charge in [-0.25, -0.2) is 0 Å². The molecule has 1 aromatic carbocycles. The van der Waals surface area contributed by atoms with Gasteiger partial charge in [-0.3, -0.25) is 4.98 Å². The third-order valence-corrected chi connectivity index (χ3v) is 3.21. The van der Waals surface area contributed by atoms with E-state index in [9.17, 15) is 0 Å². The largest absolute Gasteiger partial charge is 0.385 e. The Morgan fingerprint density at radius 1 is 1.28 bits per heavy atom. The molecule has 18 heavy (non-hydrogen) atoms. The van der Waals surface area contributed by atoms with Crippen LogP contribution in [0.5, 0.6) is 0 Å². The highest BCUT2D eigenvalue weighted by Gasteiger charge is 2.09. The van der Waals surface area contributed by atoms with E-state index in [2.05, 4.69) is 40.6 Å². The van der Waals surface area contributed by atoms with E-state index in [1.54, 1.807) is 7.11 Å². The normalized spacial score (nSPS) is 12.8. The summed E-state index contributed by atoms with van der Waals surface area (Å²) in [6, 6.07) is 11.0. The summed E-state index contributed by atoms with van der Waals surface area (Å²) in [6.07, 6.45) is 0.970. The Labute approximate surface area is 108 Å². The molecular formula is C15H20N2O. The van der Waals surface area contributed by atoms with E-state index in [0.29, 0.717) is 6.04 Å². The van der Waals surface area contributed by atoms with Gasteiger partial charge in [-0.05, 0) is 44.2 Å². The highest BCUT2D eigenvalue weighted by Crippen LogP contribution is 2.21. The molecule has 1 unspecified atom stereocenters. The third-order valence-electron chi connectivity index (χ3n) is 3.21. The number of ether oxygens (including phenoxy) is 1. The van der Waals surface area contributed by atoms with E-state index in [4.69, 9.17) is 4.74 Å². The molecule has 96 valence electrons. The van der Waals surface area contributed by atoms with Gasteiger partial charge in [0.15, 0.2) is 0 Å². The van der Waals surface area contributed by atoms with Crippen molar-refractivity contribution in [3.63, 3.8) is 0 Å². The molecule has 0 saturated heterocycles. The van der Waals surface area contributed by atoms with Gasteiger partial charge in [0, 0.05) is 30.8 Å². The molecule has 1 atom stereocenters. The summed E-state index contributed by atoms with van der Waals surface area (Å²) in [6.45, 7) is 2.78. The van der Waals surface area contributed by atoms with Gasteiger partial charge < -0.3 is 10.1 Å². The van der Waals surface area contributed by atoms with Crippen LogP contribution in [0.4, 0.5) is 0 Å². The molecule has 0 amide bonds. The molecule has 2 aromatic rings. The number of hydrogen-bond acceptors (Lipinski definition) is 3. The number of nitrogens with zero attached hydrogens (tertiary/aromatic N) is 1. The van der Waals surface area contributed by atoms with E-state index in [1.165, 1.54) is 10.9 Å². The van der Waals surface area contributed by atoms with Crippen molar-refractivity contribution in [1.29, 1.82) is 0 Å². The quantitative estimate of drug-likeness (QED) is 0.878. The number of rotatable bonds is 5. The molecule has 0 aliphatic heterocycles. The van der Waals surface area contributed by atoms with Crippen molar-refractivity contribution in [1.82, 2.24) is 10.3 Å². The van der Waals surface area contributed by atoms with Gasteiger partial charge in [-0.15, -0.1) is 0 Å². The van der Waals surface area contributed by atoms with Crippen LogP contribution in [0.3, 0.4) is 0 Å². The number of hydrogen-bond donors (Lipinski definition) is 1. The zero-order valence-corrected chi connectivity index (χ0v) is 11.2. The van der Waals surface area contributed by atoms with Crippen LogP contribution >= 0.6 is 0 Å². The molecule has 0 spiro atoms. The predicted octanol–water partition coefficient (Wildman–Crippen LogP) is 2.84. The number of aryl methyl sites for hydroxylation is 1. The lowest BCUT2D eigenvalue weighted by molar-refractivity contribution is 0.184. The topological polar surface area (TPSA) is 34.1 Å². The number of methoxy groups -OCH3 is 1. The Kier molecular flexibility index (Phi) is 4.28. The van der Waals surface area contributed by atoms with Crippen molar-refractivity contribution < 1.29 is 4.74 Å². The summed E-state index contributed by atoms with van der Waals surface area (Å²) in [5, 5.41) is 4.52. The highest BCUT2D eigenvalue weighted by atomic mass is 16.5. The molecule has 2 rings (SSSR count). The van der Waals surface area contributed by atoms with Gasteiger partial charge >= 0.3 is 0 Å². The zero-order valence-electron chi connectivity index (χ0n) is 11.2. The minimum atomic E-state index is 0.329. The van der Waals surface area contributed by atoms with Gasteiger partial charge in [0.05, 0.1) is 5.52 Å². The van der Waals surface area contributed by atoms with Crippen molar-refractivity contribution in [2.24, 2.45) is 0 Å². The van der Waals surface area contributed by atoms with Gasteiger partial charge in [0.25, 0.3) is 0 Å². The van der Waals surface area contributed by atoms with Gasteiger partial charge in [0.2, 0.25) is 0 Å². The summed E-state index contributed by atoms with van der Waals surface area (Å²) in [5.74, 6) is 0. The van der Waals surface area contributed by atoms with E-state index in [-0.39, 0.29) is 0 Å². The Bertz CT molecular complexity index is 525. The second-order valence-corrected chi connectivity index (χ2v) is 4.53. The summed E-state index contributed by atoms with van der Waals surface area (Å²) in [5.41, 5.74) is 3.40. The first-order valence-corrected chi connectivity index (χ1v) is 6.28. The molecule has 3 heteroatoms.